The molecule has 0 rings (SSSR count). The Bertz CT molecular complexity index is 128. The fourth-order valence-electron chi connectivity index (χ4n) is 0.783. The summed E-state index contributed by atoms with van der Waals surface area (Å²) in [5.74, 6) is 0.646. The second-order valence-electron chi connectivity index (χ2n) is 2.90. The average molecular weight is 179 g/mol. The molecule has 0 aromatic rings. The molecular formula is C7H17NO2S. The Hall–Kier alpha value is 0.0700. The molecule has 0 aliphatic heterocycles. The molecule has 11 heavy (non-hydrogen) atoms. The molecular weight excluding hydrogens is 162 g/mol. The molecule has 0 radical (unpaired) electrons. The van der Waals surface area contributed by atoms with Crippen LogP contribution in [-0.4, -0.2) is 40.0 Å². The zero-order valence-corrected chi connectivity index (χ0v) is 8.15. The molecule has 2 N–H and O–H groups in total. The summed E-state index contributed by atoms with van der Waals surface area (Å²) in [6.45, 7) is 4.25. The normalized spacial score (nSPS) is 19.3. The Labute approximate surface area is 70.6 Å². The molecule has 0 amide bonds. The molecule has 0 bridgehead atoms. The van der Waals surface area contributed by atoms with Gasteiger partial charge in [0.05, 0.1) is 6.10 Å². The van der Waals surface area contributed by atoms with Crippen LogP contribution in [-0.2, 0) is 10.8 Å². The zero-order valence-electron chi connectivity index (χ0n) is 7.33. The molecule has 0 aliphatic carbocycles. The summed E-state index contributed by atoms with van der Waals surface area (Å²) in [4.78, 5) is 0. The molecule has 0 saturated carbocycles. The Balaban J connectivity index is 3.37. The van der Waals surface area contributed by atoms with Gasteiger partial charge in [-0.2, -0.15) is 0 Å². The number of aliphatic hydroxyl groups excluding tert-OH is 1. The Morgan fingerprint density at radius 3 is 2.45 bits per heavy atom. The Morgan fingerprint density at radius 1 is 1.55 bits per heavy atom. The van der Waals surface area contributed by atoms with Gasteiger partial charge in [0, 0.05) is 35.4 Å². The van der Waals surface area contributed by atoms with Crippen molar-refractivity contribution in [2.75, 3.05) is 18.6 Å². The zero-order chi connectivity index (χ0) is 8.85. The smallest absolute Gasteiger partial charge is 0.0636 e. The van der Waals surface area contributed by atoms with Gasteiger partial charge in [-0.3, -0.25) is 4.21 Å². The highest BCUT2D eigenvalue weighted by Gasteiger charge is 2.03. The van der Waals surface area contributed by atoms with E-state index >= 15 is 0 Å². The molecule has 4 heteroatoms. The van der Waals surface area contributed by atoms with E-state index in [4.69, 9.17) is 5.11 Å². The maximum Gasteiger partial charge on any atom is 0.0636 e. The van der Waals surface area contributed by atoms with Crippen molar-refractivity contribution < 1.29 is 9.32 Å². The summed E-state index contributed by atoms with van der Waals surface area (Å²) >= 11 is 0. The molecule has 0 aliphatic rings. The summed E-state index contributed by atoms with van der Waals surface area (Å²) < 4.78 is 10.7. The summed E-state index contributed by atoms with van der Waals surface area (Å²) in [5, 5.41) is 12.0. The maximum absolute atomic E-state index is 10.7. The molecule has 3 atom stereocenters. The van der Waals surface area contributed by atoms with Gasteiger partial charge in [0.1, 0.15) is 0 Å². The lowest BCUT2D eigenvalue weighted by molar-refractivity contribution is 0.188. The highest BCUT2D eigenvalue weighted by Crippen LogP contribution is 1.86. The lowest BCUT2D eigenvalue weighted by Gasteiger charge is -2.13. The van der Waals surface area contributed by atoms with Crippen LogP contribution in [0.4, 0.5) is 0 Å². The van der Waals surface area contributed by atoms with Crippen LogP contribution in [0.5, 0.6) is 0 Å². The van der Waals surface area contributed by atoms with Crippen molar-refractivity contribution >= 4 is 10.8 Å². The van der Waals surface area contributed by atoms with Crippen LogP contribution in [0.1, 0.15) is 13.8 Å². The Kier molecular flexibility index (Phi) is 5.72. The minimum atomic E-state index is -0.755. The minimum Gasteiger partial charge on any atom is -0.392 e. The van der Waals surface area contributed by atoms with E-state index in [1.54, 1.807) is 13.2 Å². The van der Waals surface area contributed by atoms with Gasteiger partial charge in [0.15, 0.2) is 0 Å². The Morgan fingerprint density at radius 2 is 2.09 bits per heavy atom. The van der Waals surface area contributed by atoms with Crippen LogP contribution < -0.4 is 5.32 Å². The fraction of sp³-hybridized carbons (Fsp3) is 1.00. The lowest BCUT2D eigenvalue weighted by atomic mass is 10.3. The first-order valence-electron chi connectivity index (χ1n) is 3.74. The number of nitrogens with one attached hydrogen (secondary N) is 1. The number of hydrogen-bond donors (Lipinski definition) is 2. The molecule has 3 nitrogen and oxygen atoms in total. The van der Waals surface area contributed by atoms with Gasteiger partial charge in [-0.25, -0.2) is 0 Å². The predicted octanol–water partition coefficient (Wildman–Crippen LogP) is -0.276. The van der Waals surface area contributed by atoms with Crippen molar-refractivity contribution in [3.63, 3.8) is 0 Å². The summed E-state index contributed by atoms with van der Waals surface area (Å²) in [7, 11) is -0.755. The van der Waals surface area contributed by atoms with Crippen LogP contribution >= 0.6 is 0 Å². The third-order valence-electron chi connectivity index (χ3n) is 1.25. The molecule has 0 heterocycles. The van der Waals surface area contributed by atoms with Gasteiger partial charge in [-0.05, 0) is 13.8 Å². The van der Waals surface area contributed by atoms with E-state index in [9.17, 15) is 4.21 Å². The number of aliphatic hydroxyl groups is 1. The second-order valence-corrected chi connectivity index (χ2v) is 4.38. The van der Waals surface area contributed by atoms with Crippen molar-refractivity contribution in [2.45, 2.75) is 26.0 Å². The van der Waals surface area contributed by atoms with Gasteiger partial charge in [-0.15, -0.1) is 0 Å². The monoisotopic (exact) mass is 179 g/mol. The first kappa shape index (κ1) is 11.1. The maximum atomic E-state index is 10.7. The first-order chi connectivity index (χ1) is 5.02. The topological polar surface area (TPSA) is 49.3 Å². The van der Waals surface area contributed by atoms with Gasteiger partial charge in [-0.1, -0.05) is 0 Å². The largest absolute Gasteiger partial charge is 0.392 e. The lowest BCUT2D eigenvalue weighted by Crippen LogP contribution is -2.35. The van der Waals surface area contributed by atoms with E-state index in [0.29, 0.717) is 12.3 Å². The third-order valence-corrected chi connectivity index (χ3v) is 2.22. The third kappa shape index (κ3) is 7.97. The summed E-state index contributed by atoms with van der Waals surface area (Å²) in [6, 6.07) is 0.218. The molecule has 0 aromatic carbocycles. The van der Waals surface area contributed by atoms with E-state index < -0.39 is 10.8 Å². The van der Waals surface area contributed by atoms with Crippen molar-refractivity contribution in [1.82, 2.24) is 5.32 Å². The summed E-state index contributed by atoms with van der Waals surface area (Å²) in [5.41, 5.74) is 0. The highest BCUT2D eigenvalue weighted by atomic mass is 32.2. The van der Waals surface area contributed by atoms with E-state index in [1.807, 2.05) is 6.92 Å². The van der Waals surface area contributed by atoms with Crippen molar-refractivity contribution in [2.24, 2.45) is 0 Å². The summed E-state index contributed by atoms with van der Waals surface area (Å²) in [6.07, 6.45) is 1.35. The van der Waals surface area contributed by atoms with E-state index in [0.717, 1.165) is 0 Å². The van der Waals surface area contributed by atoms with Crippen molar-refractivity contribution in [3.05, 3.63) is 0 Å². The van der Waals surface area contributed by atoms with Gasteiger partial charge in [0.2, 0.25) is 0 Å². The molecule has 0 saturated heterocycles. The van der Waals surface area contributed by atoms with Gasteiger partial charge >= 0.3 is 0 Å². The second kappa shape index (κ2) is 5.69. The fourth-order valence-corrected chi connectivity index (χ4v) is 1.60. The van der Waals surface area contributed by atoms with Crippen LogP contribution in [0.3, 0.4) is 0 Å². The first-order valence-corrected chi connectivity index (χ1v) is 5.46. The van der Waals surface area contributed by atoms with E-state index in [2.05, 4.69) is 5.32 Å². The van der Waals surface area contributed by atoms with Gasteiger partial charge in [0.25, 0.3) is 0 Å². The molecule has 68 valence electrons. The molecule has 0 fully saturated rings. The molecule has 0 spiro atoms. The quantitative estimate of drug-likeness (QED) is 0.610. The number of hydrogen-bond acceptors (Lipinski definition) is 3. The number of rotatable bonds is 5. The van der Waals surface area contributed by atoms with Crippen molar-refractivity contribution in [1.29, 1.82) is 0 Å². The SMILES string of the molecule is CC(O)CNC(C)CS(C)=O. The van der Waals surface area contributed by atoms with E-state index in [1.165, 1.54) is 0 Å². The van der Waals surface area contributed by atoms with Gasteiger partial charge < -0.3 is 10.4 Å². The van der Waals surface area contributed by atoms with Crippen LogP contribution in [0.15, 0.2) is 0 Å². The minimum absolute atomic E-state index is 0.218. The highest BCUT2D eigenvalue weighted by molar-refractivity contribution is 7.84. The van der Waals surface area contributed by atoms with Crippen molar-refractivity contribution in [3.8, 4) is 0 Å². The van der Waals surface area contributed by atoms with Crippen LogP contribution in [0, 0.1) is 0 Å². The average Bonchev–Trinajstić information content (AvgIpc) is 1.82. The standard InChI is InChI=1S/C7H17NO2S/c1-6(5-11(3)10)8-4-7(2)9/h6-9H,4-5H2,1-3H3. The van der Waals surface area contributed by atoms with Crippen LogP contribution in [0.2, 0.25) is 0 Å². The van der Waals surface area contributed by atoms with E-state index in [-0.39, 0.29) is 12.1 Å². The molecule has 0 aromatic heterocycles. The molecule has 3 unspecified atom stereocenters. The van der Waals surface area contributed by atoms with Crippen LogP contribution in [0.25, 0.3) is 0 Å². The predicted molar refractivity (Wildman–Crippen MR) is 48.1 cm³/mol.